The van der Waals surface area contributed by atoms with Crippen molar-refractivity contribution in [2.75, 3.05) is 50.6 Å². The maximum absolute atomic E-state index is 12.2. The largest absolute Gasteiger partial charge is 0.374 e. The van der Waals surface area contributed by atoms with E-state index in [2.05, 4.69) is 47.8 Å². The van der Waals surface area contributed by atoms with Crippen molar-refractivity contribution in [3.05, 3.63) is 29.8 Å². The van der Waals surface area contributed by atoms with Crippen LogP contribution in [0.1, 0.15) is 24.3 Å². The van der Waals surface area contributed by atoms with Crippen molar-refractivity contribution >= 4 is 23.5 Å². The zero-order valence-electron chi connectivity index (χ0n) is 13.8. The average molecular weight is 321 g/mol. The lowest BCUT2D eigenvalue weighted by Crippen LogP contribution is -2.41. The highest BCUT2D eigenvalue weighted by Crippen LogP contribution is 2.33. The quantitative estimate of drug-likeness (QED) is 0.818. The molecule has 0 unspecified atom stereocenters. The molecule has 0 radical (unpaired) electrons. The number of fused-ring (bicyclic) bond motifs is 1. The van der Waals surface area contributed by atoms with Gasteiger partial charge in [0.1, 0.15) is 0 Å². The van der Waals surface area contributed by atoms with Crippen LogP contribution in [0.4, 0.5) is 10.5 Å². The Kier molecular flexibility index (Phi) is 6.43. The average Bonchev–Trinajstić information content (AvgIpc) is 2.54. The van der Waals surface area contributed by atoms with Crippen molar-refractivity contribution in [3.63, 3.8) is 0 Å². The van der Waals surface area contributed by atoms with Gasteiger partial charge in [0.15, 0.2) is 0 Å². The lowest BCUT2D eigenvalue weighted by atomic mass is 9.90. The van der Waals surface area contributed by atoms with Crippen molar-refractivity contribution in [3.8, 4) is 0 Å². The number of hydrogen-bond donors (Lipinski definition) is 1. The highest BCUT2D eigenvalue weighted by molar-refractivity contribution is 7.98. The lowest BCUT2D eigenvalue weighted by Gasteiger charge is -2.33. The first-order chi connectivity index (χ1) is 10.6. The Morgan fingerprint density at radius 2 is 2.23 bits per heavy atom. The Morgan fingerprint density at radius 1 is 1.45 bits per heavy atom. The fourth-order valence-electron chi connectivity index (χ4n) is 2.91. The maximum Gasteiger partial charge on any atom is 0.317 e. The number of hydrogen-bond acceptors (Lipinski definition) is 3. The molecule has 0 spiro atoms. The van der Waals surface area contributed by atoms with Crippen LogP contribution in [-0.4, -0.2) is 56.7 Å². The molecule has 22 heavy (non-hydrogen) atoms. The van der Waals surface area contributed by atoms with Gasteiger partial charge in [0.25, 0.3) is 0 Å². The minimum atomic E-state index is 0.0394. The molecular formula is C17H27N3OS. The summed E-state index contributed by atoms with van der Waals surface area (Å²) in [6.07, 6.45) is 4.23. The van der Waals surface area contributed by atoms with Gasteiger partial charge in [-0.25, -0.2) is 4.79 Å². The summed E-state index contributed by atoms with van der Waals surface area (Å²) in [5.41, 5.74) is 2.64. The second-order valence-electron chi connectivity index (χ2n) is 5.92. The molecule has 1 atom stereocenters. The molecule has 0 bridgehead atoms. The van der Waals surface area contributed by atoms with Crippen LogP contribution in [0, 0.1) is 0 Å². The van der Waals surface area contributed by atoms with Gasteiger partial charge in [-0.05, 0) is 36.5 Å². The third-order valence-corrected chi connectivity index (χ3v) is 4.99. The van der Waals surface area contributed by atoms with Gasteiger partial charge in [0.05, 0.1) is 0 Å². The van der Waals surface area contributed by atoms with E-state index in [1.54, 1.807) is 4.90 Å². The van der Waals surface area contributed by atoms with Gasteiger partial charge >= 0.3 is 6.03 Å². The zero-order chi connectivity index (χ0) is 15.9. The third kappa shape index (κ3) is 4.32. The summed E-state index contributed by atoms with van der Waals surface area (Å²) in [6, 6.07) is 8.55. The van der Waals surface area contributed by atoms with Crippen LogP contribution < -0.4 is 10.2 Å². The number of anilines is 1. The fraction of sp³-hybridized carbons (Fsp3) is 0.588. The van der Waals surface area contributed by atoms with Crippen LogP contribution in [-0.2, 0) is 0 Å². The van der Waals surface area contributed by atoms with Crippen molar-refractivity contribution in [1.29, 1.82) is 0 Å². The topological polar surface area (TPSA) is 35.6 Å². The first-order valence-corrected chi connectivity index (χ1v) is 9.31. The van der Waals surface area contributed by atoms with Crippen molar-refractivity contribution in [2.24, 2.45) is 0 Å². The summed E-state index contributed by atoms with van der Waals surface area (Å²) in [7, 11) is 4.01. The number of nitrogens with one attached hydrogen (secondary N) is 1. The molecule has 1 aromatic rings. The Hall–Kier alpha value is -1.36. The van der Waals surface area contributed by atoms with Gasteiger partial charge in [-0.15, -0.1) is 0 Å². The van der Waals surface area contributed by atoms with E-state index in [-0.39, 0.29) is 6.03 Å². The summed E-state index contributed by atoms with van der Waals surface area (Å²) in [4.78, 5) is 16.2. The Bertz CT molecular complexity index is 495. The molecule has 1 N–H and O–H groups in total. The first-order valence-electron chi connectivity index (χ1n) is 7.91. The standard InChI is InChI=1S/C17H27N3OS/c1-19-11-9-14(15-7-4-5-8-16(15)19)13-18-17(21)20(2)10-6-12-22-3/h4-5,7-8,14H,6,9-13H2,1-3H3,(H,18,21)/t14-/m1/s1. The molecule has 1 aliphatic rings. The molecule has 2 rings (SSSR count). The van der Waals surface area contributed by atoms with Gasteiger partial charge in [-0.2, -0.15) is 11.8 Å². The number of benzene rings is 1. The minimum absolute atomic E-state index is 0.0394. The van der Waals surface area contributed by atoms with Crippen LogP contribution in [0.2, 0.25) is 0 Å². The van der Waals surface area contributed by atoms with E-state index >= 15 is 0 Å². The predicted octanol–water partition coefficient (Wildman–Crippen LogP) is 3.00. The van der Waals surface area contributed by atoms with E-state index in [1.165, 1.54) is 11.3 Å². The van der Waals surface area contributed by atoms with Crippen LogP contribution in [0.3, 0.4) is 0 Å². The number of para-hydroxylation sites is 1. The van der Waals surface area contributed by atoms with Crippen molar-refractivity contribution in [2.45, 2.75) is 18.8 Å². The number of urea groups is 1. The molecule has 122 valence electrons. The molecule has 0 aromatic heterocycles. The van der Waals surface area contributed by atoms with E-state index in [9.17, 15) is 4.79 Å². The molecule has 0 saturated heterocycles. The highest BCUT2D eigenvalue weighted by Gasteiger charge is 2.23. The first kappa shape index (κ1) is 17.0. The van der Waals surface area contributed by atoms with E-state index in [0.29, 0.717) is 5.92 Å². The van der Waals surface area contributed by atoms with Crippen LogP contribution in [0.5, 0.6) is 0 Å². The SMILES string of the molecule is CSCCCN(C)C(=O)NC[C@H]1CCN(C)c2ccccc21. The van der Waals surface area contributed by atoms with Gasteiger partial charge in [0, 0.05) is 45.3 Å². The van der Waals surface area contributed by atoms with Crippen LogP contribution >= 0.6 is 11.8 Å². The van der Waals surface area contributed by atoms with E-state index in [0.717, 1.165) is 38.2 Å². The molecule has 1 aromatic carbocycles. The summed E-state index contributed by atoms with van der Waals surface area (Å²) < 4.78 is 0. The Morgan fingerprint density at radius 3 is 3.00 bits per heavy atom. The van der Waals surface area contributed by atoms with Crippen LogP contribution in [0.25, 0.3) is 0 Å². The normalized spacial score (nSPS) is 17.0. The van der Waals surface area contributed by atoms with Crippen molar-refractivity contribution in [1.82, 2.24) is 10.2 Å². The highest BCUT2D eigenvalue weighted by atomic mass is 32.2. The molecule has 0 saturated carbocycles. The molecule has 1 heterocycles. The number of carbonyl (C=O) groups is 1. The van der Waals surface area contributed by atoms with Gasteiger partial charge < -0.3 is 15.1 Å². The molecule has 0 aliphatic carbocycles. The number of thioether (sulfide) groups is 1. The molecule has 2 amide bonds. The fourth-order valence-corrected chi connectivity index (χ4v) is 3.33. The smallest absolute Gasteiger partial charge is 0.317 e. The number of carbonyl (C=O) groups excluding carboxylic acids is 1. The van der Waals surface area contributed by atoms with Gasteiger partial charge in [0.2, 0.25) is 0 Å². The summed E-state index contributed by atoms with van der Waals surface area (Å²) in [5, 5.41) is 3.10. The molecule has 1 aliphatic heterocycles. The maximum atomic E-state index is 12.2. The summed E-state index contributed by atoms with van der Waals surface area (Å²) in [6.45, 7) is 2.58. The Labute approximate surface area is 138 Å². The molecule has 4 nitrogen and oxygen atoms in total. The van der Waals surface area contributed by atoms with Gasteiger partial charge in [-0.1, -0.05) is 18.2 Å². The van der Waals surface area contributed by atoms with Crippen molar-refractivity contribution < 1.29 is 4.79 Å². The van der Waals surface area contributed by atoms with E-state index in [4.69, 9.17) is 0 Å². The van der Waals surface area contributed by atoms with E-state index < -0.39 is 0 Å². The zero-order valence-corrected chi connectivity index (χ0v) is 14.7. The molecule has 5 heteroatoms. The third-order valence-electron chi connectivity index (χ3n) is 4.29. The Balaban J connectivity index is 1.87. The monoisotopic (exact) mass is 321 g/mol. The number of nitrogens with zero attached hydrogens (tertiary/aromatic N) is 2. The van der Waals surface area contributed by atoms with Crippen LogP contribution in [0.15, 0.2) is 24.3 Å². The van der Waals surface area contributed by atoms with Gasteiger partial charge in [-0.3, -0.25) is 0 Å². The summed E-state index contributed by atoms with van der Waals surface area (Å²) in [5.74, 6) is 1.51. The number of rotatable bonds is 6. The number of amides is 2. The molecular weight excluding hydrogens is 294 g/mol. The lowest BCUT2D eigenvalue weighted by molar-refractivity contribution is 0.208. The summed E-state index contributed by atoms with van der Waals surface area (Å²) >= 11 is 1.82. The second kappa shape index (κ2) is 8.32. The second-order valence-corrected chi connectivity index (χ2v) is 6.91. The van der Waals surface area contributed by atoms with E-state index in [1.807, 2.05) is 18.8 Å². The predicted molar refractivity (Wildman–Crippen MR) is 96.1 cm³/mol. The molecule has 0 fully saturated rings. The minimum Gasteiger partial charge on any atom is -0.374 e.